The molecule has 0 unspecified atom stereocenters. The zero-order valence-corrected chi connectivity index (χ0v) is 15.1. The molecule has 1 heterocycles. The van der Waals surface area contributed by atoms with Crippen molar-refractivity contribution in [3.8, 4) is 0 Å². The maximum absolute atomic E-state index is 12.5. The number of rotatable bonds is 5. The average Bonchev–Trinajstić information content (AvgIpc) is 3.21. The van der Waals surface area contributed by atoms with Gasteiger partial charge in [-0.05, 0) is 48.6 Å². The van der Waals surface area contributed by atoms with E-state index in [4.69, 9.17) is 16.6 Å². The van der Waals surface area contributed by atoms with Crippen molar-refractivity contribution in [1.82, 2.24) is 10.6 Å². The molecule has 0 spiro atoms. The number of carbonyl (C=O) groups is 2. The summed E-state index contributed by atoms with van der Waals surface area (Å²) in [7, 11) is 0. The van der Waals surface area contributed by atoms with E-state index in [9.17, 15) is 9.59 Å². The van der Waals surface area contributed by atoms with Crippen LogP contribution in [0.25, 0.3) is 0 Å². The zero-order valence-electron chi connectivity index (χ0n) is 14.3. The zero-order chi connectivity index (χ0) is 19.1. The summed E-state index contributed by atoms with van der Waals surface area (Å²) in [5.41, 5.74) is 1.39. The smallest absolute Gasteiger partial charge is 0.257 e. The molecule has 0 saturated heterocycles. The summed E-state index contributed by atoms with van der Waals surface area (Å²) in [5, 5.41) is 8.39. The van der Waals surface area contributed by atoms with Crippen molar-refractivity contribution in [2.75, 3.05) is 5.32 Å². The Bertz CT molecular complexity index is 940. The summed E-state index contributed by atoms with van der Waals surface area (Å²) in [5.74, 6) is 0.0407. The van der Waals surface area contributed by atoms with E-state index in [1.54, 1.807) is 66.9 Å². The fraction of sp³-hybridized carbons (Fsp3) is 0.0500. The van der Waals surface area contributed by atoms with Crippen molar-refractivity contribution in [3.63, 3.8) is 0 Å². The van der Waals surface area contributed by atoms with Gasteiger partial charge in [0.15, 0.2) is 5.11 Å². The fourth-order valence-corrected chi connectivity index (χ4v) is 2.59. The van der Waals surface area contributed by atoms with Crippen LogP contribution < -0.4 is 16.0 Å². The number of furan rings is 1. The molecule has 136 valence electrons. The van der Waals surface area contributed by atoms with E-state index in [1.807, 2.05) is 6.07 Å². The van der Waals surface area contributed by atoms with Crippen LogP contribution >= 0.6 is 12.2 Å². The van der Waals surface area contributed by atoms with Crippen LogP contribution in [0, 0.1) is 0 Å². The highest BCUT2D eigenvalue weighted by Crippen LogP contribution is 2.15. The summed E-state index contributed by atoms with van der Waals surface area (Å²) in [6, 6.07) is 19.2. The van der Waals surface area contributed by atoms with Crippen molar-refractivity contribution in [1.29, 1.82) is 0 Å². The Kier molecular flexibility index (Phi) is 5.96. The Morgan fingerprint density at radius 1 is 0.889 bits per heavy atom. The molecule has 2 amide bonds. The third-order valence-corrected chi connectivity index (χ3v) is 3.89. The number of benzene rings is 2. The molecule has 0 bridgehead atoms. The number of hydrogen-bond acceptors (Lipinski definition) is 4. The van der Waals surface area contributed by atoms with Gasteiger partial charge in [0.25, 0.3) is 11.8 Å². The summed E-state index contributed by atoms with van der Waals surface area (Å²) < 4.78 is 5.20. The molecular weight excluding hydrogens is 362 g/mol. The Labute approximate surface area is 161 Å². The predicted molar refractivity (Wildman–Crippen MR) is 106 cm³/mol. The number of carbonyl (C=O) groups excluding carboxylic acids is 2. The predicted octanol–water partition coefficient (Wildman–Crippen LogP) is 3.34. The highest BCUT2D eigenvalue weighted by Gasteiger charge is 2.13. The molecule has 7 heteroatoms. The first-order valence-corrected chi connectivity index (χ1v) is 8.61. The maximum Gasteiger partial charge on any atom is 0.257 e. The Morgan fingerprint density at radius 2 is 1.63 bits per heavy atom. The van der Waals surface area contributed by atoms with E-state index in [0.29, 0.717) is 22.6 Å². The molecule has 2 aromatic carbocycles. The average molecular weight is 379 g/mol. The molecule has 0 saturated carbocycles. The third kappa shape index (κ3) is 5.02. The molecule has 3 N–H and O–H groups in total. The second-order valence-electron chi connectivity index (χ2n) is 5.58. The number of anilines is 1. The van der Waals surface area contributed by atoms with E-state index in [0.717, 1.165) is 0 Å². The number of thiocarbonyl (C=S) groups is 1. The van der Waals surface area contributed by atoms with Gasteiger partial charge in [0.05, 0.1) is 24.1 Å². The second kappa shape index (κ2) is 8.77. The van der Waals surface area contributed by atoms with Crippen molar-refractivity contribution in [2.45, 2.75) is 6.54 Å². The largest absolute Gasteiger partial charge is 0.467 e. The van der Waals surface area contributed by atoms with Crippen LogP contribution in [0.3, 0.4) is 0 Å². The Balaban J connectivity index is 1.63. The van der Waals surface area contributed by atoms with Gasteiger partial charge < -0.3 is 15.1 Å². The minimum atomic E-state index is -0.326. The van der Waals surface area contributed by atoms with Gasteiger partial charge in [-0.3, -0.25) is 14.9 Å². The van der Waals surface area contributed by atoms with Crippen LogP contribution in [-0.2, 0) is 6.54 Å². The van der Waals surface area contributed by atoms with Crippen LogP contribution in [0.1, 0.15) is 26.5 Å². The summed E-state index contributed by atoms with van der Waals surface area (Å²) in [4.78, 5) is 24.6. The normalized spacial score (nSPS) is 10.1. The number of para-hydroxylation sites is 1. The van der Waals surface area contributed by atoms with Gasteiger partial charge in [-0.2, -0.15) is 0 Å². The topological polar surface area (TPSA) is 83.4 Å². The summed E-state index contributed by atoms with van der Waals surface area (Å²) in [6.07, 6.45) is 1.55. The first-order chi connectivity index (χ1) is 13.1. The van der Waals surface area contributed by atoms with E-state index < -0.39 is 0 Å². The van der Waals surface area contributed by atoms with Crippen LogP contribution in [-0.4, -0.2) is 16.9 Å². The van der Waals surface area contributed by atoms with Crippen molar-refractivity contribution in [2.24, 2.45) is 0 Å². The minimum Gasteiger partial charge on any atom is -0.467 e. The molecule has 27 heavy (non-hydrogen) atoms. The van der Waals surface area contributed by atoms with Gasteiger partial charge in [0.2, 0.25) is 0 Å². The standard InChI is InChI=1S/C20H17N3O3S/c24-18(14-7-2-1-3-8-14)23-20(27)22-17-11-5-4-10-16(17)19(25)21-13-15-9-6-12-26-15/h1-12H,13H2,(H,21,25)(H2,22,23,24,27). The van der Waals surface area contributed by atoms with Crippen LogP contribution in [0.5, 0.6) is 0 Å². The first kappa shape index (κ1) is 18.3. The molecule has 0 fully saturated rings. The van der Waals surface area contributed by atoms with E-state index in [1.165, 1.54) is 0 Å². The highest BCUT2D eigenvalue weighted by atomic mass is 32.1. The lowest BCUT2D eigenvalue weighted by atomic mass is 10.1. The maximum atomic E-state index is 12.5. The van der Waals surface area contributed by atoms with Gasteiger partial charge in [-0.1, -0.05) is 30.3 Å². The van der Waals surface area contributed by atoms with Crippen molar-refractivity contribution < 1.29 is 14.0 Å². The lowest BCUT2D eigenvalue weighted by Crippen LogP contribution is -2.35. The lowest BCUT2D eigenvalue weighted by molar-refractivity contribution is 0.0947. The quantitative estimate of drug-likeness (QED) is 0.592. The van der Waals surface area contributed by atoms with E-state index in [2.05, 4.69) is 16.0 Å². The molecule has 3 rings (SSSR count). The van der Waals surface area contributed by atoms with Crippen molar-refractivity contribution in [3.05, 3.63) is 89.9 Å². The third-order valence-electron chi connectivity index (χ3n) is 3.69. The molecule has 1 aromatic heterocycles. The lowest BCUT2D eigenvalue weighted by Gasteiger charge is -2.13. The molecule has 0 aliphatic heterocycles. The Hall–Kier alpha value is -3.45. The van der Waals surface area contributed by atoms with Gasteiger partial charge in [0, 0.05) is 5.56 Å². The molecule has 6 nitrogen and oxygen atoms in total. The SMILES string of the molecule is O=C(NC(=S)Nc1ccccc1C(=O)NCc1ccco1)c1ccccc1. The molecule has 3 aromatic rings. The van der Waals surface area contributed by atoms with Gasteiger partial charge >= 0.3 is 0 Å². The van der Waals surface area contributed by atoms with E-state index >= 15 is 0 Å². The van der Waals surface area contributed by atoms with Gasteiger partial charge in [-0.15, -0.1) is 0 Å². The summed E-state index contributed by atoms with van der Waals surface area (Å²) >= 11 is 5.20. The van der Waals surface area contributed by atoms with Crippen LogP contribution in [0.15, 0.2) is 77.4 Å². The number of hydrogen-bond donors (Lipinski definition) is 3. The molecule has 0 atom stereocenters. The number of amides is 2. The molecule has 0 aliphatic rings. The van der Waals surface area contributed by atoms with Crippen LogP contribution in [0.4, 0.5) is 5.69 Å². The fourth-order valence-electron chi connectivity index (χ4n) is 2.38. The molecule has 0 aliphatic carbocycles. The summed E-state index contributed by atoms with van der Waals surface area (Å²) in [6.45, 7) is 0.273. The highest BCUT2D eigenvalue weighted by molar-refractivity contribution is 7.80. The van der Waals surface area contributed by atoms with Gasteiger partial charge in [-0.25, -0.2) is 0 Å². The molecular formula is C20H17N3O3S. The second-order valence-corrected chi connectivity index (χ2v) is 5.99. The Morgan fingerprint density at radius 3 is 2.37 bits per heavy atom. The van der Waals surface area contributed by atoms with E-state index in [-0.39, 0.29) is 23.5 Å². The molecule has 0 radical (unpaired) electrons. The van der Waals surface area contributed by atoms with Crippen LogP contribution in [0.2, 0.25) is 0 Å². The first-order valence-electron chi connectivity index (χ1n) is 8.20. The number of nitrogens with one attached hydrogen (secondary N) is 3. The van der Waals surface area contributed by atoms with Crippen molar-refractivity contribution >= 4 is 34.8 Å². The minimum absolute atomic E-state index is 0.107. The van der Waals surface area contributed by atoms with Gasteiger partial charge in [0.1, 0.15) is 5.76 Å². The monoisotopic (exact) mass is 379 g/mol.